The van der Waals surface area contributed by atoms with Crippen molar-refractivity contribution in [1.82, 2.24) is 10.2 Å². The molecule has 0 aliphatic rings. The summed E-state index contributed by atoms with van der Waals surface area (Å²) in [7, 11) is -2.76. The average Bonchev–Trinajstić information content (AvgIpc) is 3.00. The third-order valence-electron chi connectivity index (χ3n) is 6.67. The van der Waals surface area contributed by atoms with Crippen LogP contribution in [0.3, 0.4) is 0 Å². The van der Waals surface area contributed by atoms with Crippen LogP contribution in [0.2, 0.25) is 0 Å². The quantitative estimate of drug-likeness (QED) is 0.257. The minimum atomic E-state index is -4.21. The zero-order valence-electron chi connectivity index (χ0n) is 23.5. The number of nitrogens with zero attached hydrogens (tertiary/aromatic N) is 2. The molecule has 42 heavy (non-hydrogen) atoms. The first kappa shape index (κ1) is 30.3. The number of amides is 2. The maximum Gasteiger partial charge on any atom is 0.264 e. The number of likely N-dealkylation sites (N-methyl/N-ethyl adjacent to an activating group) is 1. The molecule has 10 heteroatoms. The van der Waals surface area contributed by atoms with Crippen LogP contribution >= 0.6 is 0 Å². The highest BCUT2D eigenvalue weighted by molar-refractivity contribution is 7.92. The molecule has 4 aromatic carbocycles. The normalized spacial score (nSPS) is 11.8. The monoisotopic (exact) mass is 589 g/mol. The van der Waals surface area contributed by atoms with Crippen LogP contribution in [0.4, 0.5) is 10.1 Å². The second-order valence-corrected chi connectivity index (χ2v) is 11.5. The molecule has 0 fully saturated rings. The predicted molar refractivity (Wildman–Crippen MR) is 159 cm³/mol. The van der Waals surface area contributed by atoms with Gasteiger partial charge in [-0.25, -0.2) is 12.8 Å². The minimum Gasteiger partial charge on any atom is -0.457 e. The topological polar surface area (TPSA) is 96.0 Å². The van der Waals surface area contributed by atoms with Crippen LogP contribution < -0.4 is 14.4 Å². The van der Waals surface area contributed by atoms with E-state index in [1.54, 1.807) is 55.5 Å². The van der Waals surface area contributed by atoms with Crippen molar-refractivity contribution >= 4 is 27.5 Å². The third kappa shape index (κ3) is 7.32. The van der Waals surface area contributed by atoms with E-state index in [2.05, 4.69) is 5.32 Å². The molecule has 0 bridgehead atoms. The van der Waals surface area contributed by atoms with Gasteiger partial charge in [0.25, 0.3) is 10.0 Å². The van der Waals surface area contributed by atoms with Crippen molar-refractivity contribution in [2.45, 2.75) is 31.3 Å². The summed E-state index contributed by atoms with van der Waals surface area (Å²) in [4.78, 5) is 27.7. The van der Waals surface area contributed by atoms with Gasteiger partial charge in [0.2, 0.25) is 11.8 Å². The standard InChI is InChI=1S/C32H32FN3O5S/c1-23-9-19-30(20-10-23)42(39,40)36(27-15-17-29(18-16-27)41-28-7-5-4-6-8-28)22-31(37)35(24(2)32(38)34-3)21-25-11-13-26(33)14-12-25/h4-20,24H,21-22H2,1-3H3,(H,34,38)/t24-/m0/s1. The SMILES string of the molecule is CNC(=O)[C@H](C)N(Cc1ccc(F)cc1)C(=O)CN(c1ccc(Oc2ccccc2)cc1)S(=O)(=O)c1ccc(C)cc1. The number of ether oxygens (including phenoxy) is 1. The van der Waals surface area contributed by atoms with Crippen LogP contribution in [-0.2, 0) is 26.2 Å². The first-order valence-electron chi connectivity index (χ1n) is 13.3. The van der Waals surface area contributed by atoms with Crippen LogP contribution in [0, 0.1) is 12.7 Å². The first-order chi connectivity index (χ1) is 20.1. The molecule has 1 N–H and O–H groups in total. The molecule has 0 aliphatic carbocycles. The Morgan fingerprint density at radius 2 is 1.45 bits per heavy atom. The van der Waals surface area contributed by atoms with Gasteiger partial charge in [0.15, 0.2) is 0 Å². The van der Waals surface area contributed by atoms with Gasteiger partial charge in [-0.15, -0.1) is 0 Å². The van der Waals surface area contributed by atoms with Crippen molar-refractivity contribution in [2.75, 3.05) is 17.9 Å². The van der Waals surface area contributed by atoms with E-state index in [4.69, 9.17) is 4.74 Å². The molecular formula is C32H32FN3O5S. The summed E-state index contributed by atoms with van der Waals surface area (Å²) in [5.74, 6) is -0.387. The van der Waals surface area contributed by atoms with Crippen molar-refractivity contribution in [3.05, 3.63) is 120 Å². The van der Waals surface area contributed by atoms with Gasteiger partial charge < -0.3 is 15.0 Å². The van der Waals surface area contributed by atoms with Crippen LogP contribution in [-0.4, -0.2) is 44.8 Å². The fraction of sp³-hybridized carbons (Fsp3) is 0.188. The number of hydrogen-bond donors (Lipinski definition) is 1. The van der Waals surface area contributed by atoms with Crippen molar-refractivity contribution in [2.24, 2.45) is 0 Å². The number of anilines is 1. The molecular weight excluding hydrogens is 557 g/mol. The Labute approximate surface area is 245 Å². The van der Waals surface area contributed by atoms with E-state index in [0.29, 0.717) is 17.1 Å². The molecule has 0 saturated carbocycles. The summed E-state index contributed by atoms with van der Waals surface area (Å²) < 4.78 is 48.3. The number of halogens is 1. The molecule has 0 aliphatic heterocycles. The molecule has 1 atom stereocenters. The van der Waals surface area contributed by atoms with Gasteiger partial charge in [0.05, 0.1) is 10.6 Å². The van der Waals surface area contributed by atoms with Gasteiger partial charge >= 0.3 is 0 Å². The fourth-order valence-electron chi connectivity index (χ4n) is 4.25. The molecule has 218 valence electrons. The van der Waals surface area contributed by atoms with Gasteiger partial charge in [-0.1, -0.05) is 48.0 Å². The summed E-state index contributed by atoms with van der Waals surface area (Å²) in [6, 6.07) is 26.4. The largest absolute Gasteiger partial charge is 0.457 e. The summed E-state index contributed by atoms with van der Waals surface area (Å²) in [6.45, 7) is 2.78. The van der Waals surface area contributed by atoms with Crippen LogP contribution in [0.15, 0.2) is 108 Å². The smallest absolute Gasteiger partial charge is 0.264 e. The molecule has 0 aromatic heterocycles. The number of aryl methyl sites for hydroxylation is 1. The van der Waals surface area contributed by atoms with Crippen LogP contribution in [0.5, 0.6) is 11.5 Å². The van der Waals surface area contributed by atoms with Crippen LogP contribution in [0.25, 0.3) is 0 Å². The van der Waals surface area contributed by atoms with E-state index in [1.165, 1.54) is 48.3 Å². The summed E-state index contributed by atoms with van der Waals surface area (Å²) >= 11 is 0. The second-order valence-electron chi connectivity index (χ2n) is 9.67. The average molecular weight is 590 g/mol. The Hall–Kier alpha value is -4.70. The lowest BCUT2D eigenvalue weighted by Crippen LogP contribution is -2.50. The zero-order chi connectivity index (χ0) is 30.3. The molecule has 2 amide bonds. The van der Waals surface area contributed by atoms with Gasteiger partial charge in [-0.2, -0.15) is 0 Å². The van der Waals surface area contributed by atoms with Gasteiger partial charge in [-0.05, 0) is 80.1 Å². The Balaban J connectivity index is 1.69. The zero-order valence-corrected chi connectivity index (χ0v) is 24.3. The maximum atomic E-state index is 13.9. The number of rotatable bonds is 11. The highest BCUT2D eigenvalue weighted by atomic mass is 32.2. The van der Waals surface area contributed by atoms with E-state index in [-0.39, 0.29) is 17.1 Å². The number of carbonyl (C=O) groups excluding carboxylic acids is 2. The summed E-state index contributed by atoms with van der Waals surface area (Å²) in [6.07, 6.45) is 0. The molecule has 0 radical (unpaired) electrons. The van der Waals surface area contributed by atoms with E-state index < -0.39 is 40.2 Å². The number of nitrogens with one attached hydrogen (secondary N) is 1. The number of benzene rings is 4. The van der Waals surface area contributed by atoms with E-state index >= 15 is 0 Å². The lowest BCUT2D eigenvalue weighted by atomic mass is 10.1. The van der Waals surface area contributed by atoms with Crippen LogP contribution in [0.1, 0.15) is 18.1 Å². The lowest BCUT2D eigenvalue weighted by molar-refractivity contribution is -0.139. The third-order valence-corrected chi connectivity index (χ3v) is 8.46. The van der Waals surface area contributed by atoms with E-state index in [0.717, 1.165) is 9.87 Å². The number of carbonyl (C=O) groups is 2. The maximum absolute atomic E-state index is 13.9. The van der Waals surface area contributed by atoms with Gasteiger partial charge in [0.1, 0.15) is 29.9 Å². The molecule has 0 saturated heterocycles. The van der Waals surface area contributed by atoms with E-state index in [1.807, 2.05) is 25.1 Å². The number of hydrogen-bond acceptors (Lipinski definition) is 5. The minimum absolute atomic E-state index is 0.00921. The van der Waals surface area contributed by atoms with Gasteiger partial charge in [-0.3, -0.25) is 13.9 Å². The Bertz CT molecular complexity index is 1610. The number of sulfonamides is 1. The first-order valence-corrected chi connectivity index (χ1v) is 14.7. The summed E-state index contributed by atoms with van der Waals surface area (Å²) in [5.41, 5.74) is 1.69. The fourth-order valence-corrected chi connectivity index (χ4v) is 5.66. The summed E-state index contributed by atoms with van der Waals surface area (Å²) in [5, 5.41) is 2.53. The highest BCUT2D eigenvalue weighted by Gasteiger charge is 2.32. The lowest BCUT2D eigenvalue weighted by Gasteiger charge is -2.31. The Morgan fingerprint density at radius 1 is 0.857 bits per heavy atom. The molecule has 4 aromatic rings. The molecule has 0 unspecified atom stereocenters. The van der Waals surface area contributed by atoms with Crippen molar-refractivity contribution in [3.8, 4) is 11.5 Å². The van der Waals surface area contributed by atoms with Crippen molar-refractivity contribution in [1.29, 1.82) is 0 Å². The van der Waals surface area contributed by atoms with Gasteiger partial charge in [0, 0.05) is 13.6 Å². The molecule has 8 nitrogen and oxygen atoms in total. The van der Waals surface area contributed by atoms with Crippen molar-refractivity contribution < 1.29 is 27.1 Å². The Kier molecular flexibility index (Phi) is 9.59. The van der Waals surface area contributed by atoms with Crippen molar-refractivity contribution in [3.63, 3.8) is 0 Å². The number of para-hydroxylation sites is 1. The Morgan fingerprint density at radius 3 is 2.05 bits per heavy atom. The molecule has 0 spiro atoms. The van der Waals surface area contributed by atoms with E-state index in [9.17, 15) is 22.4 Å². The second kappa shape index (κ2) is 13.3. The predicted octanol–water partition coefficient (Wildman–Crippen LogP) is 5.29. The highest BCUT2D eigenvalue weighted by Crippen LogP contribution is 2.28. The molecule has 0 heterocycles. The molecule has 4 rings (SSSR count).